The highest BCUT2D eigenvalue weighted by Crippen LogP contribution is 2.23. The van der Waals surface area contributed by atoms with Gasteiger partial charge in [-0.25, -0.2) is 0 Å². The highest BCUT2D eigenvalue weighted by molar-refractivity contribution is 8.03. The van der Waals surface area contributed by atoms with Crippen LogP contribution in [0.5, 0.6) is 0 Å². The minimum absolute atomic E-state index is 0.0810. The molecule has 0 saturated heterocycles. The maximum absolute atomic E-state index is 13.1. The smallest absolute Gasteiger partial charge is 0.357 e. The maximum atomic E-state index is 13.1. The van der Waals surface area contributed by atoms with Crippen molar-refractivity contribution in [1.82, 2.24) is 4.73 Å². The van der Waals surface area contributed by atoms with E-state index in [1.165, 1.54) is 18.2 Å². The van der Waals surface area contributed by atoms with E-state index >= 15 is 0 Å². The van der Waals surface area contributed by atoms with Gasteiger partial charge in [0.25, 0.3) is 5.56 Å². The second-order valence-corrected chi connectivity index (χ2v) is 9.56. The van der Waals surface area contributed by atoms with Crippen molar-refractivity contribution < 1.29 is 17.1 Å². The molecule has 0 saturated carbocycles. The van der Waals surface area contributed by atoms with Crippen LogP contribution in [0.1, 0.15) is 22.6 Å². The zero-order valence-corrected chi connectivity index (χ0v) is 19.3. The van der Waals surface area contributed by atoms with E-state index in [4.69, 9.17) is 14.0 Å². The number of hydrogen-bond donors (Lipinski definition) is 0. The van der Waals surface area contributed by atoms with Gasteiger partial charge in [0.2, 0.25) is 0 Å². The second kappa shape index (κ2) is 9.02. The first-order chi connectivity index (χ1) is 15.8. The molecule has 0 unspecified atom stereocenters. The maximum Gasteiger partial charge on any atom is 0.357 e. The molecule has 0 radical (unpaired) electrons. The fourth-order valence-electron chi connectivity index (χ4n) is 3.18. The molecule has 0 aliphatic heterocycles. The van der Waals surface area contributed by atoms with Crippen LogP contribution >= 0.6 is 11.8 Å². The molecule has 4 rings (SSSR count). The van der Waals surface area contributed by atoms with Crippen molar-refractivity contribution in [2.24, 2.45) is 0 Å². The molecular formula is C24H18N2O5S2. The Bertz CT molecular complexity index is 1540. The summed E-state index contributed by atoms with van der Waals surface area (Å²) in [5, 5.41) is 11.8. The van der Waals surface area contributed by atoms with E-state index in [2.05, 4.69) is 0 Å². The molecule has 0 aliphatic carbocycles. The lowest BCUT2D eigenvalue weighted by atomic mass is 10.2. The third-order valence-electron chi connectivity index (χ3n) is 4.83. The number of nitrogens with zero attached hydrogens (tertiary/aromatic N) is 2. The number of rotatable bonds is 6. The van der Waals surface area contributed by atoms with E-state index in [0.717, 1.165) is 10.9 Å². The topological polar surface area (TPSA) is 102 Å². The summed E-state index contributed by atoms with van der Waals surface area (Å²) in [6.07, 6.45) is 3.14. The highest BCUT2D eigenvalue weighted by Gasteiger charge is 2.21. The average molecular weight is 479 g/mol. The SMILES string of the molecule is Cc1ccc(S(=O)(=O)On2c(C=Cc3cc4ccccc4o3)cc(C)c(SC#N)c2=O)cc1. The summed E-state index contributed by atoms with van der Waals surface area (Å²) in [5.74, 6) is 0.518. The fraction of sp³-hybridized carbons (Fsp3) is 0.0833. The van der Waals surface area contributed by atoms with E-state index in [1.54, 1.807) is 31.2 Å². The summed E-state index contributed by atoms with van der Waals surface area (Å²) in [5.41, 5.74) is 1.52. The van der Waals surface area contributed by atoms with Gasteiger partial charge in [-0.15, -0.1) is 4.73 Å². The van der Waals surface area contributed by atoms with Gasteiger partial charge in [-0.1, -0.05) is 35.9 Å². The molecule has 0 aliphatic rings. The lowest BCUT2D eigenvalue weighted by molar-refractivity contribution is 0.261. The van der Waals surface area contributed by atoms with Gasteiger partial charge in [-0.3, -0.25) is 9.08 Å². The fourth-order valence-corrected chi connectivity index (χ4v) is 4.57. The van der Waals surface area contributed by atoms with Crippen LogP contribution in [-0.2, 0) is 10.1 Å². The van der Waals surface area contributed by atoms with Gasteiger partial charge in [-0.2, -0.15) is 13.7 Å². The quantitative estimate of drug-likeness (QED) is 0.290. The molecule has 33 heavy (non-hydrogen) atoms. The van der Waals surface area contributed by atoms with Crippen LogP contribution in [0.15, 0.2) is 79.7 Å². The molecule has 4 aromatic rings. The van der Waals surface area contributed by atoms with Gasteiger partial charge >= 0.3 is 10.1 Å². The van der Waals surface area contributed by atoms with Crippen molar-refractivity contribution in [2.45, 2.75) is 23.6 Å². The number of benzene rings is 2. The molecule has 7 nitrogen and oxygen atoms in total. The zero-order valence-electron chi connectivity index (χ0n) is 17.7. The average Bonchev–Trinajstić information content (AvgIpc) is 3.21. The van der Waals surface area contributed by atoms with E-state index in [0.29, 0.717) is 33.4 Å². The van der Waals surface area contributed by atoms with Crippen LogP contribution in [0.25, 0.3) is 23.1 Å². The summed E-state index contributed by atoms with van der Waals surface area (Å²) in [6.45, 7) is 3.49. The lowest BCUT2D eigenvalue weighted by Gasteiger charge is -2.14. The summed E-state index contributed by atoms with van der Waals surface area (Å²) >= 11 is 0.647. The van der Waals surface area contributed by atoms with Crippen LogP contribution in [0.4, 0.5) is 0 Å². The summed E-state index contributed by atoms with van der Waals surface area (Å²) in [4.78, 5) is 13.0. The van der Waals surface area contributed by atoms with Gasteiger partial charge < -0.3 is 4.42 Å². The molecule has 0 spiro atoms. The Morgan fingerprint density at radius 2 is 1.79 bits per heavy atom. The lowest BCUT2D eigenvalue weighted by Crippen LogP contribution is -2.33. The first kappa shape index (κ1) is 22.5. The van der Waals surface area contributed by atoms with Gasteiger partial charge in [-0.05, 0) is 73.7 Å². The minimum atomic E-state index is -4.31. The number of aromatic nitrogens is 1. The molecule has 0 N–H and O–H groups in total. The molecule has 0 atom stereocenters. The monoisotopic (exact) mass is 478 g/mol. The number of para-hydroxylation sites is 1. The first-order valence-corrected chi connectivity index (χ1v) is 12.0. The number of hydrogen-bond acceptors (Lipinski definition) is 7. The van der Waals surface area contributed by atoms with Gasteiger partial charge in [0.05, 0.1) is 10.6 Å². The molecule has 0 fully saturated rings. The van der Waals surface area contributed by atoms with Crippen LogP contribution < -0.4 is 9.84 Å². The first-order valence-electron chi connectivity index (χ1n) is 9.79. The number of pyridine rings is 1. The van der Waals surface area contributed by atoms with Gasteiger partial charge in [0.15, 0.2) is 0 Å². The Kier molecular flexibility index (Phi) is 6.14. The van der Waals surface area contributed by atoms with Crippen molar-refractivity contribution in [2.75, 3.05) is 0 Å². The molecule has 166 valence electrons. The molecule has 2 heterocycles. The van der Waals surface area contributed by atoms with Crippen molar-refractivity contribution in [3.05, 3.63) is 93.6 Å². The zero-order chi connectivity index (χ0) is 23.6. The predicted octanol–water partition coefficient (Wildman–Crippen LogP) is 4.77. The Morgan fingerprint density at radius 1 is 1.06 bits per heavy atom. The van der Waals surface area contributed by atoms with Gasteiger partial charge in [0, 0.05) is 5.39 Å². The Hall–Kier alpha value is -3.74. The summed E-state index contributed by atoms with van der Waals surface area (Å²) in [6, 6.07) is 16.9. The number of thioether (sulfide) groups is 1. The largest absolute Gasteiger partial charge is 0.457 e. The highest BCUT2D eigenvalue weighted by atomic mass is 32.2. The van der Waals surface area contributed by atoms with Gasteiger partial charge in [0.1, 0.15) is 21.6 Å². The Balaban J connectivity index is 1.80. The summed E-state index contributed by atoms with van der Waals surface area (Å²) < 4.78 is 37.4. The number of fused-ring (bicyclic) bond motifs is 1. The van der Waals surface area contributed by atoms with Crippen LogP contribution in [0, 0.1) is 24.5 Å². The van der Waals surface area contributed by atoms with Crippen LogP contribution in [-0.4, -0.2) is 13.1 Å². The van der Waals surface area contributed by atoms with Crippen molar-refractivity contribution in [3.8, 4) is 5.40 Å². The third kappa shape index (κ3) is 4.72. The summed E-state index contributed by atoms with van der Waals surface area (Å²) in [7, 11) is -4.31. The molecule has 0 amide bonds. The molecule has 0 bridgehead atoms. The number of aryl methyl sites for hydroxylation is 2. The van der Waals surface area contributed by atoms with Crippen LogP contribution in [0.3, 0.4) is 0 Å². The van der Waals surface area contributed by atoms with Crippen LogP contribution in [0.2, 0.25) is 0 Å². The third-order valence-corrected chi connectivity index (χ3v) is 6.82. The standard InChI is InChI=1S/C24H18N2O5S2/c1-16-7-11-21(12-8-16)33(28,29)31-26-19(13-17(2)23(24(26)27)32-15-25)9-10-20-14-18-5-3-4-6-22(18)30-20/h3-14H,1-2H3. The number of furan rings is 1. The van der Waals surface area contributed by atoms with Crippen molar-refractivity contribution >= 4 is 45.0 Å². The Labute approximate surface area is 194 Å². The normalized spacial score (nSPS) is 11.7. The molecule has 2 aromatic carbocycles. The van der Waals surface area contributed by atoms with E-state index in [-0.39, 0.29) is 15.5 Å². The van der Waals surface area contributed by atoms with Crippen molar-refractivity contribution in [3.63, 3.8) is 0 Å². The van der Waals surface area contributed by atoms with E-state index in [1.807, 2.05) is 42.7 Å². The minimum Gasteiger partial charge on any atom is -0.457 e. The number of nitriles is 1. The number of thiocyanates is 1. The molecular weight excluding hydrogens is 460 g/mol. The second-order valence-electron chi connectivity index (χ2n) is 7.24. The Morgan fingerprint density at radius 3 is 2.48 bits per heavy atom. The van der Waals surface area contributed by atoms with Crippen molar-refractivity contribution in [1.29, 1.82) is 5.26 Å². The molecule has 9 heteroatoms. The van der Waals surface area contributed by atoms with E-state index < -0.39 is 15.7 Å². The molecule has 2 aromatic heterocycles. The predicted molar refractivity (Wildman–Crippen MR) is 127 cm³/mol. The van der Waals surface area contributed by atoms with E-state index in [9.17, 15) is 13.2 Å².